The molecule has 1 aromatic carbocycles. The van der Waals surface area contributed by atoms with E-state index in [1.807, 2.05) is 45.0 Å². The highest BCUT2D eigenvalue weighted by Crippen LogP contribution is 2.39. The predicted molar refractivity (Wildman–Crippen MR) is 131 cm³/mol. The summed E-state index contributed by atoms with van der Waals surface area (Å²) in [5.74, 6) is 2.15. The lowest BCUT2D eigenvalue weighted by atomic mass is 10.1. The van der Waals surface area contributed by atoms with Gasteiger partial charge in [-0.2, -0.15) is 0 Å². The molecule has 3 heterocycles. The van der Waals surface area contributed by atoms with Crippen LogP contribution in [0.4, 0.5) is 0 Å². The zero-order valence-electron chi connectivity index (χ0n) is 19.7. The predicted octanol–water partition coefficient (Wildman–Crippen LogP) is 4.12. The third kappa shape index (κ3) is 4.93. The second kappa shape index (κ2) is 10.0. The van der Waals surface area contributed by atoms with Crippen LogP contribution in [0.25, 0.3) is 22.3 Å². The summed E-state index contributed by atoms with van der Waals surface area (Å²) in [5.41, 5.74) is 10.4. The molecule has 0 aliphatic rings. The van der Waals surface area contributed by atoms with Crippen molar-refractivity contribution in [1.82, 2.24) is 15.0 Å². The Morgan fingerprint density at radius 1 is 0.971 bits per heavy atom. The lowest BCUT2D eigenvalue weighted by Gasteiger charge is -2.16. The van der Waals surface area contributed by atoms with E-state index in [0.717, 1.165) is 28.0 Å². The van der Waals surface area contributed by atoms with Crippen molar-refractivity contribution in [2.24, 2.45) is 5.73 Å². The SMILES string of the molecule is COc1cc2c(Oc3cc(C)c(C)nc3-c3cccc(C)n3)ccnc2cc1OCC(O)CN. The summed E-state index contributed by atoms with van der Waals surface area (Å²) in [4.78, 5) is 13.9. The third-order valence-corrected chi connectivity index (χ3v) is 5.47. The van der Waals surface area contributed by atoms with E-state index in [4.69, 9.17) is 24.9 Å². The van der Waals surface area contributed by atoms with Crippen molar-refractivity contribution in [1.29, 1.82) is 0 Å². The molecule has 0 bridgehead atoms. The van der Waals surface area contributed by atoms with Crippen LogP contribution in [0, 0.1) is 20.8 Å². The number of fused-ring (bicyclic) bond motifs is 1. The molecule has 176 valence electrons. The molecular formula is C26H28N4O4. The van der Waals surface area contributed by atoms with E-state index in [2.05, 4.69) is 9.97 Å². The van der Waals surface area contributed by atoms with Crippen molar-refractivity contribution in [2.45, 2.75) is 26.9 Å². The fourth-order valence-corrected chi connectivity index (χ4v) is 3.48. The first-order valence-electron chi connectivity index (χ1n) is 11.0. The van der Waals surface area contributed by atoms with E-state index in [-0.39, 0.29) is 13.2 Å². The molecular weight excluding hydrogens is 432 g/mol. The molecule has 0 aliphatic heterocycles. The van der Waals surface area contributed by atoms with Crippen LogP contribution in [0.2, 0.25) is 0 Å². The van der Waals surface area contributed by atoms with E-state index >= 15 is 0 Å². The fourth-order valence-electron chi connectivity index (χ4n) is 3.48. The molecule has 34 heavy (non-hydrogen) atoms. The first-order chi connectivity index (χ1) is 16.4. The Morgan fingerprint density at radius 3 is 2.53 bits per heavy atom. The Kier molecular flexibility index (Phi) is 6.90. The van der Waals surface area contributed by atoms with Gasteiger partial charge in [0.25, 0.3) is 0 Å². The number of nitrogens with zero attached hydrogens (tertiary/aromatic N) is 3. The Bertz CT molecular complexity index is 1330. The monoisotopic (exact) mass is 460 g/mol. The fraction of sp³-hybridized carbons (Fsp3) is 0.269. The Morgan fingerprint density at radius 2 is 1.79 bits per heavy atom. The van der Waals surface area contributed by atoms with Crippen molar-refractivity contribution in [3.05, 3.63) is 65.6 Å². The van der Waals surface area contributed by atoms with Gasteiger partial charge in [-0.05, 0) is 56.7 Å². The molecule has 0 aliphatic carbocycles. The Labute approximate surface area is 198 Å². The van der Waals surface area contributed by atoms with Gasteiger partial charge in [-0.3, -0.25) is 9.97 Å². The molecule has 0 fully saturated rings. The number of aromatic nitrogens is 3. The molecule has 8 nitrogen and oxygen atoms in total. The minimum absolute atomic E-state index is 0.0513. The number of methoxy groups -OCH3 is 1. The molecule has 0 saturated carbocycles. The summed E-state index contributed by atoms with van der Waals surface area (Å²) in [5, 5.41) is 10.5. The number of aliphatic hydroxyl groups is 1. The van der Waals surface area contributed by atoms with Crippen LogP contribution in [0.3, 0.4) is 0 Å². The smallest absolute Gasteiger partial charge is 0.163 e. The maximum absolute atomic E-state index is 9.75. The van der Waals surface area contributed by atoms with E-state index < -0.39 is 6.10 Å². The van der Waals surface area contributed by atoms with Crippen molar-refractivity contribution < 1.29 is 19.3 Å². The maximum atomic E-state index is 9.75. The summed E-state index contributed by atoms with van der Waals surface area (Å²) in [6.07, 6.45) is 0.899. The highest BCUT2D eigenvalue weighted by Gasteiger charge is 2.17. The lowest BCUT2D eigenvalue weighted by molar-refractivity contribution is 0.112. The number of aryl methyl sites for hydroxylation is 3. The topological polar surface area (TPSA) is 113 Å². The molecule has 4 rings (SSSR count). The third-order valence-electron chi connectivity index (χ3n) is 5.47. The minimum Gasteiger partial charge on any atom is -0.493 e. The molecule has 4 aromatic rings. The molecule has 0 radical (unpaired) electrons. The van der Waals surface area contributed by atoms with Gasteiger partial charge in [0.05, 0.1) is 18.3 Å². The van der Waals surface area contributed by atoms with E-state index in [1.54, 1.807) is 31.5 Å². The van der Waals surface area contributed by atoms with Crippen LogP contribution in [0.15, 0.2) is 48.7 Å². The Hall–Kier alpha value is -3.75. The number of hydrogen-bond donors (Lipinski definition) is 2. The highest BCUT2D eigenvalue weighted by atomic mass is 16.5. The van der Waals surface area contributed by atoms with Crippen molar-refractivity contribution in [3.63, 3.8) is 0 Å². The van der Waals surface area contributed by atoms with Gasteiger partial charge in [0.1, 0.15) is 24.2 Å². The molecule has 3 N–H and O–H groups in total. The van der Waals surface area contributed by atoms with E-state index in [0.29, 0.717) is 34.2 Å². The molecule has 3 aromatic heterocycles. The van der Waals surface area contributed by atoms with Gasteiger partial charge in [-0.25, -0.2) is 4.98 Å². The number of benzene rings is 1. The first kappa shape index (κ1) is 23.4. The zero-order chi connectivity index (χ0) is 24.2. The van der Waals surface area contributed by atoms with Gasteiger partial charge in [0.2, 0.25) is 0 Å². The normalized spacial score (nSPS) is 11.9. The standard InChI is InChI=1S/C26H28N4O4/c1-15-10-25(26(30-17(15)3)20-7-5-6-16(2)29-20)34-22-8-9-28-21-12-24(33-14-18(31)13-27)23(32-4)11-19(21)22/h5-12,18,31H,13-14,27H2,1-4H3. The summed E-state index contributed by atoms with van der Waals surface area (Å²) >= 11 is 0. The number of aliphatic hydroxyl groups excluding tert-OH is 1. The number of ether oxygens (including phenoxy) is 3. The second-order valence-electron chi connectivity index (χ2n) is 8.03. The summed E-state index contributed by atoms with van der Waals surface area (Å²) in [7, 11) is 1.55. The Balaban J connectivity index is 1.77. The van der Waals surface area contributed by atoms with Crippen LogP contribution in [0.1, 0.15) is 17.0 Å². The quantitative estimate of drug-likeness (QED) is 0.404. The van der Waals surface area contributed by atoms with E-state index in [1.165, 1.54) is 0 Å². The van der Waals surface area contributed by atoms with Crippen molar-refractivity contribution in [2.75, 3.05) is 20.3 Å². The van der Waals surface area contributed by atoms with Crippen LogP contribution < -0.4 is 19.9 Å². The van der Waals surface area contributed by atoms with Crippen LogP contribution in [0.5, 0.6) is 23.0 Å². The summed E-state index contributed by atoms with van der Waals surface area (Å²) in [6, 6.07) is 13.1. The van der Waals surface area contributed by atoms with Crippen molar-refractivity contribution in [3.8, 4) is 34.4 Å². The number of nitrogens with two attached hydrogens (primary N) is 1. The number of pyridine rings is 3. The average Bonchev–Trinajstić information content (AvgIpc) is 2.84. The lowest BCUT2D eigenvalue weighted by Crippen LogP contribution is -2.26. The van der Waals surface area contributed by atoms with Gasteiger partial charge in [0.15, 0.2) is 17.2 Å². The number of hydrogen-bond acceptors (Lipinski definition) is 8. The van der Waals surface area contributed by atoms with Crippen molar-refractivity contribution >= 4 is 10.9 Å². The highest BCUT2D eigenvalue weighted by molar-refractivity contribution is 5.88. The van der Waals surface area contributed by atoms with Gasteiger partial charge in [-0.15, -0.1) is 0 Å². The maximum Gasteiger partial charge on any atom is 0.163 e. The molecule has 0 saturated heterocycles. The second-order valence-corrected chi connectivity index (χ2v) is 8.03. The molecule has 1 atom stereocenters. The van der Waals surface area contributed by atoms with E-state index in [9.17, 15) is 5.11 Å². The van der Waals surface area contributed by atoms with Gasteiger partial charge >= 0.3 is 0 Å². The average molecular weight is 461 g/mol. The van der Waals surface area contributed by atoms with Gasteiger partial charge in [0, 0.05) is 35.6 Å². The van der Waals surface area contributed by atoms with Gasteiger partial charge < -0.3 is 25.1 Å². The molecule has 1 unspecified atom stereocenters. The molecule has 8 heteroatoms. The zero-order valence-corrected chi connectivity index (χ0v) is 19.7. The van der Waals surface area contributed by atoms with Gasteiger partial charge in [-0.1, -0.05) is 6.07 Å². The summed E-state index contributed by atoms with van der Waals surface area (Å²) in [6.45, 7) is 6.06. The van der Waals surface area contributed by atoms with Crippen LogP contribution in [-0.4, -0.2) is 46.4 Å². The largest absolute Gasteiger partial charge is 0.493 e. The summed E-state index contributed by atoms with van der Waals surface area (Å²) < 4.78 is 17.6. The van der Waals surface area contributed by atoms with Crippen LogP contribution in [-0.2, 0) is 0 Å². The first-order valence-corrected chi connectivity index (χ1v) is 11.0. The van der Waals surface area contributed by atoms with Crippen LogP contribution >= 0.6 is 0 Å². The minimum atomic E-state index is -0.769. The molecule has 0 amide bonds. The number of rotatable bonds is 8. The molecule has 0 spiro atoms.